The Morgan fingerprint density at radius 3 is 2.56 bits per heavy atom. The van der Waals surface area contributed by atoms with Crippen LogP contribution in [0.1, 0.15) is 31.9 Å². The van der Waals surface area contributed by atoms with Crippen LogP contribution in [-0.2, 0) is 10.0 Å². The normalized spacial score (nSPS) is 18.4. The third-order valence-electron chi connectivity index (χ3n) is 4.97. The van der Waals surface area contributed by atoms with E-state index in [9.17, 15) is 8.42 Å². The van der Waals surface area contributed by atoms with E-state index in [4.69, 9.17) is 4.74 Å². The Labute approximate surface area is 160 Å². The van der Waals surface area contributed by atoms with E-state index in [1.54, 1.807) is 28.6 Å². The predicted octanol–water partition coefficient (Wildman–Crippen LogP) is 4.13. The Kier molecular flexibility index (Phi) is 4.70. The van der Waals surface area contributed by atoms with Gasteiger partial charge in [0.1, 0.15) is 5.75 Å². The number of H-pyrrole nitrogens is 1. The number of rotatable bonds is 5. The number of ether oxygens (including phenoxy) is 1. The second-order valence-corrected chi connectivity index (χ2v) is 9.24. The number of sulfonamides is 1. The van der Waals surface area contributed by atoms with Crippen molar-refractivity contribution in [2.75, 3.05) is 13.1 Å². The molecule has 142 valence electrons. The van der Waals surface area contributed by atoms with Gasteiger partial charge in [-0.1, -0.05) is 18.2 Å². The van der Waals surface area contributed by atoms with Crippen molar-refractivity contribution >= 4 is 20.9 Å². The SMILES string of the molecule is CC(C)Oc1ccc(S(=O)(=O)N2CCC(c3cc4ccccc4[nH]3)C2)cc1. The van der Waals surface area contributed by atoms with Crippen molar-refractivity contribution in [1.29, 1.82) is 0 Å². The number of benzene rings is 2. The van der Waals surface area contributed by atoms with Crippen LogP contribution in [0.3, 0.4) is 0 Å². The van der Waals surface area contributed by atoms with Crippen LogP contribution in [0.4, 0.5) is 0 Å². The van der Waals surface area contributed by atoms with Gasteiger partial charge < -0.3 is 9.72 Å². The van der Waals surface area contributed by atoms with E-state index in [0.717, 1.165) is 23.0 Å². The van der Waals surface area contributed by atoms with Crippen molar-refractivity contribution < 1.29 is 13.2 Å². The largest absolute Gasteiger partial charge is 0.491 e. The topological polar surface area (TPSA) is 62.4 Å². The van der Waals surface area contributed by atoms with E-state index in [1.807, 2.05) is 32.0 Å². The minimum atomic E-state index is -3.49. The third kappa shape index (κ3) is 3.59. The minimum absolute atomic E-state index is 0.0584. The van der Waals surface area contributed by atoms with E-state index in [1.165, 1.54) is 0 Å². The molecule has 2 aromatic carbocycles. The summed E-state index contributed by atoms with van der Waals surface area (Å²) in [6.07, 6.45) is 0.878. The Balaban J connectivity index is 1.51. The maximum Gasteiger partial charge on any atom is 0.243 e. The molecule has 0 radical (unpaired) electrons. The summed E-state index contributed by atoms with van der Waals surface area (Å²) in [5, 5.41) is 1.16. The zero-order valence-electron chi connectivity index (χ0n) is 15.6. The fourth-order valence-electron chi connectivity index (χ4n) is 3.63. The van der Waals surface area contributed by atoms with E-state index >= 15 is 0 Å². The highest BCUT2D eigenvalue weighted by Gasteiger charge is 2.33. The number of aromatic amines is 1. The van der Waals surface area contributed by atoms with Crippen molar-refractivity contribution in [1.82, 2.24) is 9.29 Å². The molecule has 1 aromatic heterocycles. The van der Waals surface area contributed by atoms with Crippen molar-refractivity contribution in [2.24, 2.45) is 0 Å². The fraction of sp³-hybridized carbons (Fsp3) is 0.333. The van der Waals surface area contributed by atoms with Gasteiger partial charge in [0.15, 0.2) is 0 Å². The second-order valence-electron chi connectivity index (χ2n) is 7.30. The Morgan fingerprint density at radius 1 is 1.11 bits per heavy atom. The molecule has 0 spiro atoms. The highest BCUT2D eigenvalue weighted by atomic mass is 32.2. The predicted molar refractivity (Wildman–Crippen MR) is 107 cm³/mol. The fourth-order valence-corrected chi connectivity index (χ4v) is 5.13. The minimum Gasteiger partial charge on any atom is -0.491 e. The van der Waals surface area contributed by atoms with Gasteiger partial charge in [-0.25, -0.2) is 8.42 Å². The first-order chi connectivity index (χ1) is 12.9. The smallest absolute Gasteiger partial charge is 0.243 e. The maximum absolute atomic E-state index is 13.0. The summed E-state index contributed by atoms with van der Waals surface area (Å²) in [5.41, 5.74) is 2.20. The number of nitrogens with one attached hydrogen (secondary N) is 1. The van der Waals surface area contributed by atoms with Gasteiger partial charge in [-0.05, 0) is 62.1 Å². The highest BCUT2D eigenvalue weighted by molar-refractivity contribution is 7.89. The quantitative estimate of drug-likeness (QED) is 0.719. The summed E-state index contributed by atoms with van der Waals surface area (Å²) in [5.74, 6) is 0.872. The molecule has 0 saturated carbocycles. The number of fused-ring (bicyclic) bond motifs is 1. The van der Waals surface area contributed by atoms with Crippen molar-refractivity contribution in [2.45, 2.75) is 37.2 Å². The maximum atomic E-state index is 13.0. The van der Waals surface area contributed by atoms with E-state index in [2.05, 4.69) is 17.1 Å². The third-order valence-corrected chi connectivity index (χ3v) is 6.85. The zero-order valence-corrected chi connectivity index (χ0v) is 16.4. The lowest BCUT2D eigenvalue weighted by atomic mass is 10.1. The standard InChI is InChI=1S/C21H24N2O3S/c1-15(2)26-18-7-9-19(10-8-18)27(24,25)23-12-11-17(14-23)21-13-16-5-3-4-6-20(16)22-21/h3-10,13,15,17,22H,11-12,14H2,1-2H3. The van der Waals surface area contributed by atoms with Crippen LogP contribution in [0.25, 0.3) is 10.9 Å². The zero-order chi connectivity index (χ0) is 19.0. The second kappa shape index (κ2) is 7.02. The molecule has 27 heavy (non-hydrogen) atoms. The molecule has 4 rings (SSSR count). The lowest BCUT2D eigenvalue weighted by molar-refractivity contribution is 0.242. The summed E-state index contributed by atoms with van der Waals surface area (Å²) >= 11 is 0. The van der Waals surface area contributed by atoms with Gasteiger partial charge in [-0.2, -0.15) is 4.31 Å². The first-order valence-electron chi connectivity index (χ1n) is 9.28. The Bertz CT molecular complexity index is 1010. The van der Waals surface area contributed by atoms with E-state index in [0.29, 0.717) is 23.7 Å². The molecule has 1 unspecified atom stereocenters. The van der Waals surface area contributed by atoms with Gasteiger partial charge in [0.2, 0.25) is 10.0 Å². The average molecular weight is 385 g/mol. The molecule has 5 nitrogen and oxygen atoms in total. The summed E-state index contributed by atoms with van der Waals surface area (Å²) < 4.78 is 33.2. The highest BCUT2D eigenvalue weighted by Crippen LogP contribution is 2.32. The van der Waals surface area contributed by atoms with Crippen molar-refractivity contribution in [3.63, 3.8) is 0 Å². The number of hydrogen-bond donors (Lipinski definition) is 1. The van der Waals surface area contributed by atoms with Crippen LogP contribution in [0.15, 0.2) is 59.5 Å². The van der Waals surface area contributed by atoms with Crippen molar-refractivity contribution in [3.05, 3.63) is 60.3 Å². The molecule has 1 aliphatic rings. The van der Waals surface area contributed by atoms with Crippen LogP contribution in [0.5, 0.6) is 5.75 Å². The van der Waals surface area contributed by atoms with Gasteiger partial charge in [0.05, 0.1) is 11.0 Å². The molecular weight excluding hydrogens is 360 g/mol. The lowest BCUT2D eigenvalue weighted by Crippen LogP contribution is -2.28. The van der Waals surface area contributed by atoms with E-state index in [-0.39, 0.29) is 12.0 Å². The summed E-state index contributed by atoms with van der Waals surface area (Å²) in [4.78, 5) is 3.75. The van der Waals surface area contributed by atoms with Crippen LogP contribution in [-0.4, -0.2) is 36.9 Å². The summed E-state index contributed by atoms with van der Waals surface area (Å²) in [6, 6.07) is 17.0. The first-order valence-corrected chi connectivity index (χ1v) is 10.7. The number of nitrogens with zero attached hydrogens (tertiary/aromatic N) is 1. The molecule has 2 heterocycles. The molecule has 0 aliphatic carbocycles. The Morgan fingerprint density at radius 2 is 1.85 bits per heavy atom. The van der Waals surface area contributed by atoms with Crippen LogP contribution in [0.2, 0.25) is 0 Å². The molecular formula is C21H24N2O3S. The van der Waals surface area contributed by atoms with Gasteiger partial charge >= 0.3 is 0 Å². The van der Waals surface area contributed by atoms with Crippen LogP contribution >= 0.6 is 0 Å². The van der Waals surface area contributed by atoms with Crippen molar-refractivity contribution in [3.8, 4) is 5.75 Å². The van der Waals surface area contributed by atoms with Gasteiger partial charge in [0, 0.05) is 30.2 Å². The number of para-hydroxylation sites is 1. The monoisotopic (exact) mass is 384 g/mol. The number of hydrogen-bond acceptors (Lipinski definition) is 3. The molecule has 3 aromatic rings. The van der Waals surface area contributed by atoms with Crippen LogP contribution < -0.4 is 4.74 Å². The van der Waals surface area contributed by atoms with Gasteiger partial charge in [0.25, 0.3) is 0 Å². The molecule has 6 heteroatoms. The lowest BCUT2D eigenvalue weighted by Gasteiger charge is -2.17. The van der Waals surface area contributed by atoms with Crippen LogP contribution in [0, 0.1) is 0 Å². The summed E-state index contributed by atoms with van der Waals surface area (Å²) in [7, 11) is -3.49. The molecule has 1 aliphatic heterocycles. The molecule has 0 amide bonds. The van der Waals surface area contributed by atoms with Gasteiger partial charge in [-0.3, -0.25) is 0 Å². The van der Waals surface area contributed by atoms with E-state index < -0.39 is 10.0 Å². The molecule has 1 fully saturated rings. The average Bonchev–Trinajstić information content (AvgIpc) is 3.29. The van der Waals surface area contributed by atoms with Gasteiger partial charge in [-0.15, -0.1) is 0 Å². The number of aromatic nitrogens is 1. The molecule has 0 bridgehead atoms. The Hall–Kier alpha value is -2.31. The molecule has 1 saturated heterocycles. The summed E-state index contributed by atoms with van der Waals surface area (Å²) in [6.45, 7) is 4.92. The first kappa shape index (κ1) is 18.1. The molecule has 1 N–H and O–H groups in total. The molecule has 1 atom stereocenters.